The Morgan fingerprint density at radius 3 is 2.16 bits per heavy atom. The molecule has 138 valence electrons. The summed E-state index contributed by atoms with van der Waals surface area (Å²) in [5.41, 5.74) is 0.595. The molecule has 0 amide bonds. The minimum absolute atomic E-state index is 0.238. The normalized spacial score (nSPS) is 19.0. The van der Waals surface area contributed by atoms with E-state index < -0.39 is 18.3 Å². The summed E-state index contributed by atoms with van der Waals surface area (Å²) in [7, 11) is 2.51. The highest BCUT2D eigenvalue weighted by Crippen LogP contribution is 2.38. The highest BCUT2D eigenvalue weighted by Gasteiger charge is 2.52. The Labute approximate surface area is 151 Å². The van der Waals surface area contributed by atoms with Crippen LogP contribution in [0.25, 0.3) is 0 Å². The van der Waals surface area contributed by atoms with E-state index in [1.54, 1.807) is 7.11 Å². The fourth-order valence-corrected chi connectivity index (χ4v) is 2.84. The topological polar surface area (TPSA) is 54.0 Å². The van der Waals surface area contributed by atoms with Gasteiger partial charge in [0, 0.05) is 10.9 Å². The van der Waals surface area contributed by atoms with Crippen LogP contribution in [0.5, 0.6) is 5.75 Å². The van der Waals surface area contributed by atoms with Crippen molar-refractivity contribution in [2.75, 3.05) is 14.2 Å². The van der Waals surface area contributed by atoms with E-state index in [1.165, 1.54) is 7.11 Å². The van der Waals surface area contributed by atoms with Crippen molar-refractivity contribution in [3.63, 3.8) is 0 Å². The van der Waals surface area contributed by atoms with E-state index >= 15 is 0 Å². The molecule has 1 fully saturated rings. The van der Waals surface area contributed by atoms with Gasteiger partial charge in [0.25, 0.3) is 0 Å². The Kier molecular flexibility index (Phi) is 5.27. The van der Waals surface area contributed by atoms with Gasteiger partial charge < -0.3 is 18.8 Å². The van der Waals surface area contributed by atoms with Crippen LogP contribution in [0.4, 0.5) is 0 Å². The molecular weight excluding hydrogens is 319 g/mol. The molecule has 0 aliphatic carbocycles. The van der Waals surface area contributed by atoms with Crippen LogP contribution >= 0.6 is 0 Å². The minimum Gasteiger partial charge on any atom is -0.497 e. The van der Waals surface area contributed by atoms with E-state index in [-0.39, 0.29) is 11.4 Å². The van der Waals surface area contributed by atoms with Crippen molar-refractivity contribution in [3.05, 3.63) is 23.8 Å². The predicted molar refractivity (Wildman–Crippen MR) is 98.4 cm³/mol. The van der Waals surface area contributed by atoms with Crippen molar-refractivity contribution in [3.8, 4) is 5.75 Å². The molecule has 0 spiro atoms. The summed E-state index contributed by atoms with van der Waals surface area (Å²) < 4.78 is 22.7. The number of hydrogen-bond acceptors (Lipinski definition) is 5. The van der Waals surface area contributed by atoms with Gasteiger partial charge in [0.05, 0.1) is 31.8 Å². The zero-order valence-corrected chi connectivity index (χ0v) is 16.6. The third kappa shape index (κ3) is 3.85. The van der Waals surface area contributed by atoms with Crippen molar-refractivity contribution < 1.29 is 23.6 Å². The molecule has 25 heavy (non-hydrogen) atoms. The fraction of sp³-hybridized carbons (Fsp3) is 0.632. The average molecular weight is 348 g/mol. The standard InChI is InChI=1S/C19H29BO5/c1-17(2,12-16(21)23-8)13-9-10-15(22-7)14(11-13)20-24-18(3,4)19(5,6)25-20/h9-11H,12H2,1-8H3. The van der Waals surface area contributed by atoms with Crippen molar-refractivity contribution >= 4 is 18.6 Å². The number of carbonyl (C=O) groups excluding carboxylic acids is 1. The van der Waals surface area contributed by atoms with E-state index in [0.29, 0.717) is 12.2 Å². The summed E-state index contributed by atoms with van der Waals surface area (Å²) in [5, 5.41) is 0. The molecule has 0 aromatic heterocycles. The molecule has 0 unspecified atom stereocenters. The number of esters is 1. The Bertz CT molecular complexity index is 635. The molecule has 1 aliphatic rings. The summed E-state index contributed by atoms with van der Waals surface area (Å²) >= 11 is 0. The monoisotopic (exact) mass is 348 g/mol. The molecule has 1 saturated heterocycles. The van der Waals surface area contributed by atoms with Crippen LogP contribution in [0.15, 0.2) is 18.2 Å². The number of carbonyl (C=O) groups is 1. The fourth-order valence-electron chi connectivity index (χ4n) is 2.84. The smallest absolute Gasteiger partial charge is 0.497 e. The predicted octanol–water partition coefficient (Wildman–Crippen LogP) is 2.84. The maximum atomic E-state index is 11.7. The Hall–Kier alpha value is -1.53. The van der Waals surface area contributed by atoms with Crippen molar-refractivity contribution in [2.45, 2.75) is 64.6 Å². The molecule has 1 aromatic carbocycles. The molecule has 5 nitrogen and oxygen atoms in total. The van der Waals surface area contributed by atoms with Crippen molar-refractivity contribution in [1.29, 1.82) is 0 Å². The maximum Gasteiger partial charge on any atom is 0.498 e. The van der Waals surface area contributed by atoms with Crippen LogP contribution in [-0.2, 0) is 24.3 Å². The largest absolute Gasteiger partial charge is 0.498 e. The van der Waals surface area contributed by atoms with E-state index in [0.717, 1.165) is 11.0 Å². The van der Waals surface area contributed by atoms with Crippen molar-refractivity contribution in [1.82, 2.24) is 0 Å². The lowest BCUT2D eigenvalue weighted by Gasteiger charge is -2.32. The molecule has 1 aliphatic heterocycles. The summed E-state index contributed by atoms with van der Waals surface area (Å²) in [6.45, 7) is 12.1. The van der Waals surface area contributed by atoms with Gasteiger partial charge in [-0.05, 0) is 39.3 Å². The molecule has 1 heterocycles. The Morgan fingerprint density at radius 1 is 1.12 bits per heavy atom. The molecule has 2 rings (SSSR count). The van der Waals surface area contributed by atoms with Crippen LogP contribution in [0, 0.1) is 0 Å². The summed E-state index contributed by atoms with van der Waals surface area (Å²) in [5.74, 6) is 0.467. The van der Waals surface area contributed by atoms with Crippen LogP contribution in [0.3, 0.4) is 0 Å². The molecule has 0 bridgehead atoms. The second-order valence-electron chi connectivity index (χ2n) is 8.18. The molecule has 0 saturated carbocycles. The second kappa shape index (κ2) is 6.65. The Morgan fingerprint density at radius 2 is 1.68 bits per heavy atom. The lowest BCUT2D eigenvalue weighted by Crippen LogP contribution is -2.41. The molecular formula is C19H29BO5. The van der Waals surface area contributed by atoms with E-state index in [1.807, 2.05) is 59.7 Å². The van der Waals surface area contributed by atoms with Gasteiger partial charge in [-0.3, -0.25) is 4.79 Å². The second-order valence-corrected chi connectivity index (χ2v) is 8.18. The SMILES string of the molecule is COC(=O)CC(C)(C)c1ccc(OC)c(B2OC(C)(C)C(C)(C)O2)c1. The number of ether oxygens (including phenoxy) is 2. The van der Waals surface area contributed by atoms with Crippen molar-refractivity contribution in [2.24, 2.45) is 0 Å². The quantitative estimate of drug-likeness (QED) is 0.605. The number of hydrogen-bond donors (Lipinski definition) is 0. The molecule has 0 atom stereocenters. The van der Waals surface area contributed by atoms with Crippen LogP contribution < -0.4 is 10.2 Å². The van der Waals surface area contributed by atoms with Crippen LogP contribution in [0.2, 0.25) is 0 Å². The highest BCUT2D eigenvalue weighted by atomic mass is 16.7. The zero-order valence-electron chi connectivity index (χ0n) is 16.6. The van der Waals surface area contributed by atoms with Gasteiger partial charge in [0.1, 0.15) is 5.75 Å². The first kappa shape index (κ1) is 19.8. The third-order valence-corrected chi connectivity index (χ3v) is 5.33. The Balaban J connectivity index is 2.40. The molecule has 0 radical (unpaired) electrons. The van der Waals surface area contributed by atoms with Gasteiger partial charge in [-0.1, -0.05) is 26.0 Å². The maximum absolute atomic E-state index is 11.7. The third-order valence-electron chi connectivity index (χ3n) is 5.33. The number of rotatable bonds is 5. The van der Waals surface area contributed by atoms with Gasteiger partial charge in [0.2, 0.25) is 0 Å². The van der Waals surface area contributed by atoms with E-state index in [9.17, 15) is 4.79 Å². The van der Waals surface area contributed by atoms with Crippen LogP contribution in [-0.4, -0.2) is 38.5 Å². The van der Waals surface area contributed by atoms with E-state index in [2.05, 4.69) is 0 Å². The van der Waals surface area contributed by atoms with Gasteiger partial charge in [-0.2, -0.15) is 0 Å². The van der Waals surface area contributed by atoms with Gasteiger partial charge in [-0.25, -0.2) is 0 Å². The van der Waals surface area contributed by atoms with Gasteiger partial charge >= 0.3 is 13.1 Å². The first-order chi connectivity index (χ1) is 11.4. The number of methoxy groups -OCH3 is 2. The zero-order chi connectivity index (χ0) is 19.0. The van der Waals surface area contributed by atoms with E-state index in [4.69, 9.17) is 18.8 Å². The molecule has 1 aromatic rings. The number of benzene rings is 1. The van der Waals surface area contributed by atoms with Crippen LogP contribution in [0.1, 0.15) is 53.5 Å². The summed E-state index contributed by atoms with van der Waals surface area (Å²) in [4.78, 5) is 11.7. The molecule has 0 N–H and O–H groups in total. The van der Waals surface area contributed by atoms with Gasteiger partial charge in [-0.15, -0.1) is 0 Å². The summed E-state index contributed by atoms with van der Waals surface area (Å²) in [6.07, 6.45) is 0.290. The lowest BCUT2D eigenvalue weighted by molar-refractivity contribution is -0.141. The lowest BCUT2D eigenvalue weighted by atomic mass is 9.73. The average Bonchev–Trinajstić information content (AvgIpc) is 2.74. The van der Waals surface area contributed by atoms with Gasteiger partial charge in [0.15, 0.2) is 0 Å². The summed E-state index contributed by atoms with van der Waals surface area (Å²) in [6, 6.07) is 5.87. The first-order valence-electron chi connectivity index (χ1n) is 8.54. The molecule has 6 heteroatoms. The first-order valence-corrected chi connectivity index (χ1v) is 8.54. The minimum atomic E-state index is -0.520. The highest BCUT2D eigenvalue weighted by molar-refractivity contribution is 6.63.